The molecule has 8 heteroatoms. The largest absolute Gasteiger partial charge is 0.481 e. The van der Waals surface area contributed by atoms with Crippen molar-refractivity contribution in [1.82, 2.24) is 5.32 Å². The number of carbonyl (C=O) groups excluding carboxylic acids is 1. The van der Waals surface area contributed by atoms with Crippen LogP contribution in [0.3, 0.4) is 0 Å². The Labute approximate surface area is 126 Å². The fourth-order valence-corrected chi connectivity index (χ4v) is 1.74. The second kappa shape index (κ2) is 6.92. The normalized spacial score (nSPS) is 12.9. The second-order valence-corrected chi connectivity index (χ2v) is 5.09. The van der Waals surface area contributed by atoms with Crippen molar-refractivity contribution in [3.05, 3.63) is 28.8 Å². The highest BCUT2D eigenvalue weighted by molar-refractivity contribution is 6.32. The molecule has 0 spiro atoms. The van der Waals surface area contributed by atoms with Gasteiger partial charge < -0.3 is 20.8 Å². The number of carboxylic acids is 1. The molecule has 0 bridgehead atoms. The maximum Gasteiger partial charge on any atom is 0.319 e. The van der Waals surface area contributed by atoms with Crippen LogP contribution in [0, 0.1) is 11.3 Å². The van der Waals surface area contributed by atoms with Crippen LogP contribution < -0.4 is 10.6 Å². The number of anilines is 1. The Kier molecular flexibility index (Phi) is 5.52. The first-order chi connectivity index (χ1) is 9.73. The molecule has 0 aromatic heterocycles. The molecule has 4 N–H and O–H groups in total. The molecule has 112 valence electrons. The lowest BCUT2D eigenvalue weighted by molar-refractivity contribution is -0.141. The van der Waals surface area contributed by atoms with Gasteiger partial charge in [-0.1, -0.05) is 11.6 Å². The summed E-state index contributed by atoms with van der Waals surface area (Å²) in [5, 5.41) is 32.1. The van der Waals surface area contributed by atoms with Crippen molar-refractivity contribution in [2.45, 2.75) is 18.9 Å². The summed E-state index contributed by atoms with van der Waals surface area (Å²) in [6.45, 7) is 1.08. The predicted octanol–water partition coefficient (Wildman–Crippen LogP) is 1.56. The quantitative estimate of drug-likeness (QED) is 0.657. The Morgan fingerprint density at radius 1 is 1.48 bits per heavy atom. The Morgan fingerprint density at radius 3 is 2.67 bits per heavy atom. The van der Waals surface area contributed by atoms with E-state index in [9.17, 15) is 14.7 Å². The van der Waals surface area contributed by atoms with Gasteiger partial charge in [-0.2, -0.15) is 5.26 Å². The van der Waals surface area contributed by atoms with Gasteiger partial charge in [0.2, 0.25) is 0 Å². The summed E-state index contributed by atoms with van der Waals surface area (Å²) in [4.78, 5) is 22.1. The molecule has 1 unspecified atom stereocenters. The standard InChI is InChI=1S/C13H14ClN3O4/c1-13(21,5-11(18)19)7-16-12(20)17-9-3-2-8(6-15)10(14)4-9/h2-4,21H,5,7H2,1H3,(H,18,19)(H2,16,17,20). The first-order valence-electron chi connectivity index (χ1n) is 5.92. The number of carboxylic acid groups (broad SMARTS) is 1. The van der Waals surface area contributed by atoms with Crippen LogP contribution >= 0.6 is 11.6 Å². The molecule has 0 aliphatic rings. The van der Waals surface area contributed by atoms with Gasteiger partial charge in [-0.25, -0.2) is 4.79 Å². The van der Waals surface area contributed by atoms with Gasteiger partial charge in [-0.15, -0.1) is 0 Å². The first-order valence-corrected chi connectivity index (χ1v) is 6.30. The first kappa shape index (κ1) is 16.8. The van der Waals surface area contributed by atoms with E-state index >= 15 is 0 Å². The Hall–Kier alpha value is -2.30. The maximum absolute atomic E-state index is 11.6. The molecule has 1 aromatic carbocycles. The fourth-order valence-electron chi connectivity index (χ4n) is 1.52. The van der Waals surface area contributed by atoms with Crippen molar-refractivity contribution in [3.63, 3.8) is 0 Å². The highest BCUT2D eigenvalue weighted by atomic mass is 35.5. The topological polar surface area (TPSA) is 122 Å². The van der Waals surface area contributed by atoms with Gasteiger partial charge in [-0.05, 0) is 25.1 Å². The number of halogens is 1. The van der Waals surface area contributed by atoms with Crippen molar-refractivity contribution >= 4 is 29.3 Å². The summed E-state index contributed by atoms with van der Waals surface area (Å²) in [6, 6.07) is 5.63. The molecular weight excluding hydrogens is 298 g/mol. The number of carbonyl (C=O) groups is 2. The third-order valence-electron chi connectivity index (χ3n) is 2.51. The van der Waals surface area contributed by atoms with Gasteiger partial charge in [0.1, 0.15) is 6.07 Å². The number of aliphatic carboxylic acids is 1. The molecule has 7 nitrogen and oxygen atoms in total. The number of nitrogens with zero attached hydrogens (tertiary/aromatic N) is 1. The van der Waals surface area contributed by atoms with Crippen LogP contribution in [0.15, 0.2) is 18.2 Å². The van der Waals surface area contributed by atoms with E-state index in [1.54, 1.807) is 0 Å². The highest BCUT2D eigenvalue weighted by Crippen LogP contribution is 2.20. The average Bonchev–Trinajstić information content (AvgIpc) is 2.35. The zero-order valence-corrected chi connectivity index (χ0v) is 11.9. The minimum Gasteiger partial charge on any atom is -0.481 e. The fraction of sp³-hybridized carbons (Fsp3) is 0.308. The number of hydrogen-bond donors (Lipinski definition) is 4. The third-order valence-corrected chi connectivity index (χ3v) is 2.82. The molecule has 2 amide bonds. The molecule has 0 aliphatic carbocycles. The van der Waals surface area contributed by atoms with Crippen LogP contribution in [0.25, 0.3) is 0 Å². The highest BCUT2D eigenvalue weighted by Gasteiger charge is 2.24. The van der Waals surface area contributed by atoms with E-state index in [0.717, 1.165) is 0 Å². The van der Waals surface area contributed by atoms with Gasteiger partial charge in [0.25, 0.3) is 0 Å². The number of nitriles is 1. The average molecular weight is 312 g/mol. The minimum atomic E-state index is -1.55. The summed E-state index contributed by atoms with van der Waals surface area (Å²) in [6.07, 6.45) is -0.490. The molecule has 0 radical (unpaired) electrons. The van der Waals surface area contributed by atoms with Crippen LogP contribution in [0.2, 0.25) is 5.02 Å². The Morgan fingerprint density at radius 2 is 2.14 bits per heavy atom. The maximum atomic E-state index is 11.6. The number of hydrogen-bond acceptors (Lipinski definition) is 4. The molecule has 1 aromatic rings. The molecular formula is C13H14ClN3O4. The molecule has 1 atom stereocenters. The SMILES string of the molecule is CC(O)(CNC(=O)Nc1ccc(C#N)c(Cl)c1)CC(=O)O. The summed E-state index contributed by atoms with van der Waals surface area (Å²) in [5.74, 6) is -1.17. The predicted molar refractivity (Wildman–Crippen MR) is 76.1 cm³/mol. The van der Waals surface area contributed by atoms with Crippen LogP contribution in [0.5, 0.6) is 0 Å². The zero-order valence-electron chi connectivity index (χ0n) is 11.2. The lowest BCUT2D eigenvalue weighted by atomic mass is 10.0. The van der Waals surface area contributed by atoms with Crippen LogP contribution in [0.4, 0.5) is 10.5 Å². The van der Waals surface area contributed by atoms with Gasteiger partial charge in [0.05, 0.1) is 22.6 Å². The van der Waals surface area contributed by atoms with Gasteiger partial charge in [0, 0.05) is 12.2 Å². The lowest BCUT2D eigenvalue weighted by Gasteiger charge is -2.21. The number of urea groups is 1. The van der Waals surface area contributed by atoms with E-state index in [1.807, 2.05) is 6.07 Å². The smallest absolute Gasteiger partial charge is 0.319 e. The molecule has 0 heterocycles. The molecule has 0 saturated carbocycles. The van der Waals surface area contributed by atoms with Crippen molar-refractivity contribution in [2.24, 2.45) is 0 Å². The van der Waals surface area contributed by atoms with Crippen LogP contribution in [0.1, 0.15) is 18.9 Å². The van der Waals surface area contributed by atoms with Crippen molar-refractivity contribution in [1.29, 1.82) is 5.26 Å². The zero-order chi connectivity index (χ0) is 16.0. The monoisotopic (exact) mass is 311 g/mol. The van der Waals surface area contributed by atoms with E-state index < -0.39 is 24.0 Å². The minimum absolute atomic E-state index is 0.202. The van der Waals surface area contributed by atoms with E-state index in [2.05, 4.69) is 10.6 Å². The number of benzene rings is 1. The van der Waals surface area contributed by atoms with Gasteiger partial charge >= 0.3 is 12.0 Å². The summed E-state index contributed by atoms with van der Waals surface area (Å²) < 4.78 is 0. The lowest BCUT2D eigenvalue weighted by Crippen LogP contribution is -2.43. The van der Waals surface area contributed by atoms with E-state index in [0.29, 0.717) is 5.69 Å². The third kappa shape index (κ3) is 5.69. The van der Waals surface area contributed by atoms with E-state index in [-0.39, 0.29) is 17.1 Å². The molecule has 21 heavy (non-hydrogen) atoms. The summed E-state index contributed by atoms with van der Waals surface area (Å²) in [5.41, 5.74) is -0.896. The molecule has 0 fully saturated rings. The van der Waals surface area contributed by atoms with Gasteiger partial charge in [-0.3, -0.25) is 4.79 Å². The van der Waals surface area contributed by atoms with Gasteiger partial charge in [0.15, 0.2) is 0 Å². The number of aliphatic hydroxyl groups is 1. The van der Waals surface area contributed by atoms with Crippen molar-refractivity contribution in [3.8, 4) is 6.07 Å². The van der Waals surface area contributed by atoms with E-state index in [1.165, 1.54) is 25.1 Å². The molecule has 0 saturated heterocycles. The Bertz CT molecular complexity index is 596. The Balaban J connectivity index is 2.57. The van der Waals surface area contributed by atoms with Crippen LogP contribution in [-0.2, 0) is 4.79 Å². The second-order valence-electron chi connectivity index (χ2n) is 4.68. The van der Waals surface area contributed by atoms with Crippen LogP contribution in [-0.4, -0.2) is 34.4 Å². The van der Waals surface area contributed by atoms with E-state index in [4.69, 9.17) is 22.0 Å². The summed E-state index contributed by atoms with van der Waals surface area (Å²) >= 11 is 5.82. The summed E-state index contributed by atoms with van der Waals surface area (Å²) in [7, 11) is 0. The number of rotatable bonds is 5. The molecule has 0 aliphatic heterocycles. The van der Waals surface area contributed by atoms with Crippen molar-refractivity contribution < 1.29 is 19.8 Å². The molecule has 1 rings (SSSR count). The van der Waals surface area contributed by atoms with Crippen molar-refractivity contribution in [2.75, 3.05) is 11.9 Å². The number of nitrogens with one attached hydrogen (secondary N) is 2. The number of amides is 2.